The fourth-order valence-electron chi connectivity index (χ4n) is 3.90. The highest BCUT2D eigenvalue weighted by molar-refractivity contribution is 7.91. The van der Waals surface area contributed by atoms with Crippen LogP contribution in [0.1, 0.15) is 31.7 Å². The topological polar surface area (TPSA) is 93.5 Å². The highest BCUT2D eigenvalue weighted by Crippen LogP contribution is 2.36. The van der Waals surface area contributed by atoms with E-state index in [0.717, 1.165) is 36.6 Å². The summed E-state index contributed by atoms with van der Waals surface area (Å²) in [4.78, 5) is 7.65. The SMILES string of the molecule is C=C1CCC(n2nnc3c(S(=O)(=O)c4ccccc4)nc4[nH]ccc4c32)CC1. The normalized spacial score (nSPS) is 16.2. The number of nitrogens with zero attached hydrogens (tertiary/aromatic N) is 4. The average Bonchev–Trinajstić information content (AvgIpc) is 3.35. The molecule has 1 aromatic carbocycles. The third-order valence-corrected chi connectivity index (χ3v) is 7.09. The lowest BCUT2D eigenvalue weighted by Gasteiger charge is -2.23. The van der Waals surface area contributed by atoms with E-state index in [0.29, 0.717) is 11.2 Å². The van der Waals surface area contributed by atoms with Crippen molar-refractivity contribution in [3.63, 3.8) is 0 Å². The number of benzene rings is 1. The molecular formula is C20H19N5O2S. The molecule has 0 aliphatic heterocycles. The monoisotopic (exact) mass is 393 g/mol. The van der Waals surface area contributed by atoms with Crippen molar-refractivity contribution in [2.24, 2.45) is 0 Å². The highest BCUT2D eigenvalue weighted by Gasteiger charge is 2.29. The average molecular weight is 393 g/mol. The molecule has 0 spiro atoms. The molecule has 5 rings (SSSR count). The third kappa shape index (κ3) is 2.56. The summed E-state index contributed by atoms with van der Waals surface area (Å²) in [5, 5.41) is 9.40. The second-order valence-corrected chi connectivity index (χ2v) is 9.05. The molecule has 3 aromatic heterocycles. The Labute approximate surface area is 162 Å². The van der Waals surface area contributed by atoms with Gasteiger partial charge in [0.05, 0.1) is 10.9 Å². The van der Waals surface area contributed by atoms with Crippen LogP contribution in [0.3, 0.4) is 0 Å². The molecule has 28 heavy (non-hydrogen) atoms. The summed E-state index contributed by atoms with van der Waals surface area (Å²) in [6.45, 7) is 4.07. The van der Waals surface area contributed by atoms with Crippen molar-refractivity contribution in [1.29, 1.82) is 0 Å². The fourth-order valence-corrected chi connectivity index (χ4v) is 5.24. The number of pyridine rings is 1. The number of hydrogen-bond acceptors (Lipinski definition) is 5. The van der Waals surface area contributed by atoms with Gasteiger partial charge in [-0.2, -0.15) is 0 Å². The summed E-state index contributed by atoms with van der Waals surface area (Å²) >= 11 is 0. The van der Waals surface area contributed by atoms with Gasteiger partial charge in [-0.3, -0.25) is 0 Å². The van der Waals surface area contributed by atoms with Gasteiger partial charge in [-0.1, -0.05) is 35.6 Å². The summed E-state index contributed by atoms with van der Waals surface area (Å²) < 4.78 is 28.4. The van der Waals surface area contributed by atoms with Crippen molar-refractivity contribution in [2.75, 3.05) is 0 Å². The zero-order chi connectivity index (χ0) is 19.3. The van der Waals surface area contributed by atoms with Gasteiger partial charge >= 0.3 is 0 Å². The van der Waals surface area contributed by atoms with E-state index < -0.39 is 9.84 Å². The predicted octanol–water partition coefficient (Wildman–Crippen LogP) is 3.81. The molecule has 0 unspecified atom stereocenters. The van der Waals surface area contributed by atoms with Crippen molar-refractivity contribution >= 4 is 31.9 Å². The van der Waals surface area contributed by atoms with Crippen molar-refractivity contribution in [3.8, 4) is 0 Å². The van der Waals surface area contributed by atoms with Crippen molar-refractivity contribution in [2.45, 2.75) is 41.6 Å². The molecule has 0 atom stereocenters. The number of nitrogens with one attached hydrogen (secondary N) is 1. The molecule has 142 valence electrons. The second kappa shape index (κ2) is 6.27. The van der Waals surface area contributed by atoms with Crippen LogP contribution in [0.15, 0.2) is 64.7 Å². The van der Waals surface area contributed by atoms with Crippen LogP contribution in [0.2, 0.25) is 0 Å². The summed E-state index contributed by atoms with van der Waals surface area (Å²) in [6.07, 6.45) is 5.50. The van der Waals surface area contributed by atoms with E-state index in [1.54, 1.807) is 36.5 Å². The lowest BCUT2D eigenvalue weighted by atomic mass is 9.92. The molecule has 3 heterocycles. The Balaban J connectivity index is 1.76. The molecule has 1 saturated carbocycles. The number of hydrogen-bond donors (Lipinski definition) is 1. The minimum absolute atomic E-state index is 0.0601. The number of allylic oxidation sites excluding steroid dienone is 1. The summed E-state index contributed by atoms with van der Waals surface area (Å²) in [5.41, 5.74) is 2.81. The van der Waals surface area contributed by atoms with E-state index in [9.17, 15) is 8.42 Å². The van der Waals surface area contributed by atoms with Gasteiger partial charge in [-0.15, -0.1) is 5.10 Å². The van der Waals surface area contributed by atoms with Gasteiger partial charge < -0.3 is 4.98 Å². The second-order valence-electron chi connectivity index (χ2n) is 7.19. The highest BCUT2D eigenvalue weighted by atomic mass is 32.2. The first kappa shape index (κ1) is 17.1. The van der Waals surface area contributed by atoms with Gasteiger partial charge in [0.2, 0.25) is 9.84 Å². The molecule has 4 aromatic rings. The minimum Gasteiger partial charge on any atom is -0.346 e. The van der Waals surface area contributed by atoms with Crippen LogP contribution < -0.4 is 0 Å². The molecule has 1 aliphatic rings. The van der Waals surface area contributed by atoms with E-state index in [1.807, 2.05) is 10.7 Å². The van der Waals surface area contributed by atoms with Gasteiger partial charge in [0.15, 0.2) is 10.5 Å². The van der Waals surface area contributed by atoms with Crippen LogP contribution in [0, 0.1) is 0 Å². The van der Waals surface area contributed by atoms with Gasteiger partial charge in [0.25, 0.3) is 0 Å². The van der Waals surface area contributed by atoms with Crippen molar-refractivity contribution < 1.29 is 8.42 Å². The maximum atomic E-state index is 13.3. The molecular weight excluding hydrogens is 374 g/mol. The van der Waals surface area contributed by atoms with Crippen LogP contribution in [0.4, 0.5) is 0 Å². The Morgan fingerprint density at radius 3 is 2.61 bits per heavy atom. The molecule has 8 heteroatoms. The lowest BCUT2D eigenvalue weighted by Crippen LogP contribution is -2.15. The quantitative estimate of drug-likeness (QED) is 0.534. The Hall–Kier alpha value is -3.00. The summed E-state index contributed by atoms with van der Waals surface area (Å²) in [6, 6.07) is 10.4. The number of fused-ring (bicyclic) bond motifs is 3. The first-order valence-electron chi connectivity index (χ1n) is 9.24. The number of aromatic amines is 1. The van der Waals surface area contributed by atoms with E-state index in [-0.39, 0.29) is 16.0 Å². The van der Waals surface area contributed by atoms with Gasteiger partial charge in [0.1, 0.15) is 11.2 Å². The first-order chi connectivity index (χ1) is 13.6. The molecule has 1 fully saturated rings. The summed E-state index contributed by atoms with van der Waals surface area (Å²) in [7, 11) is -3.82. The van der Waals surface area contributed by atoms with E-state index in [4.69, 9.17) is 0 Å². The molecule has 1 N–H and O–H groups in total. The fraction of sp³-hybridized carbons (Fsp3) is 0.250. The number of sulfone groups is 1. The van der Waals surface area contributed by atoms with Crippen LogP contribution in [-0.4, -0.2) is 33.4 Å². The molecule has 0 bridgehead atoms. The lowest BCUT2D eigenvalue weighted by molar-refractivity contribution is 0.371. The van der Waals surface area contributed by atoms with E-state index in [2.05, 4.69) is 26.9 Å². The summed E-state index contributed by atoms with van der Waals surface area (Å²) in [5.74, 6) is 0. The zero-order valence-electron chi connectivity index (χ0n) is 15.2. The zero-order valence-corrected chi connectivity index (χ0v) is 16.0. The Bertz CT molecular complexity index is 1290. The van der Waals surface area contributed by atoms with Crippen molar-refractivity contribution in [3.05, 3.63) is 54.7 Å². The van der Waals surface area contributed by atoms with Crippen LogP contribution in [0.25, 0.3) is 22.1 Å². The van der Waals surface area contributed by atoms with Gasteiger partial charge in [-0.25, -0.2) is 18.1 Å². The smallest absolute Gasteiger partial charge is 0.226 e. The Morgan fingerprint density at radius 1 is 1.11 bits per heavy atom. The van der Waals surface area contributed by atoms with E-state index in [1.165, 1.54) is 5.57 Å². The molecule has 0 radical (unpaired) electrons. The van der Waals surface area contributed by atoms with Crippen LogP contribution in [0.5, 0.6) is 0 Å². The number of aromatic nitrogens is 5. The van der Waals surface area contributed by atoms with Gasteiger partial charge in [-0.05, 0) is 43.9 Å². The first-order valence-corrected chi connectivity index (χ1v) is 10.7. The van der Waals surface area contributed by atoms with E-state index >= 15 is 0 Å². The molecule has 1 aliphatic carbocycles. The van der Waals surface area contributed by atoms with Crippen molar-refractivity contribution in [1.82, 2.24) is 25.0 Å². The maximum Gasteiger partial charge on any atom is 0.226 e. The van der Waals surface area contributed by atoms with Gasteiger partial charge in [0, 0.05) is 11.6 Å². The maximum absolute atomic E-state index is 13.3. The van der Waals surface area contributed by atoms with Crippen LogP contribution >= 0.6 is 0 Å². The number of rotatable bonds is 3. The third-order valence-electron chi connectivity index (χ3n) is 5.41. The molecule has 0 amide bonds. The van der Waals surface area contributed by atoms with Crippen LogP contribution in [-0.2, 0) is 9.84 Å². The molecule has 0 saturated heterocycles. The Morgan fingerprint density at radius 2 is 1.86 bits per heavy atom. The largest absolute Gasteiger partial charge is 0.346 e. The molecule has 7 nitrogen and oxygen atoms in total. The Kier molecular flexibility index (Phi) is 3.83. The standard InChI is InChI=1S/C20H19N5O2S/c1-13-7-9-14(10-8-13)25-18-16-11-12-21-19(16)22-20(17(18)23-24-25)28(26,27)15-5-3-2-4-6-15/h2-6,11-12,14H,1,7-10H2,(H,21,22). The predicted molar refractivity (Wildman–Crippen MR) is 106 cm³/mol. The minimum atomic E-state index is -3.82. The number of H-pyrrole nitrogens is 1.